The number of H-pyrrole nitrogens is 1. The molecule has 1 atom stereocenters. The molecule has 0 radical (unpaired) electrons. The lowest BCUT2D eigenvalue weighted by Gasteiger charge is -2.34. The summed E-state index contributed by atoms with van der Waals surface area (Å²) in [5.41, 5.74) is 0.618. The summed E-state index contributed by atoms with van der Waals surface area (Å²) in [7, 11) is 1.31. The van der Waals surface area contributed by atoms with Crippen LogP contribution in [0.2, 0.25) is 0 Å². The SMILES string of the molecule is COC(=O)c1n[nH]c(Br)c1N=C(C)N1CCOC[C@H]1C. The highest BCUT2D eigenvalue weighted by Gasteiger charge is 2.23. The first-order chi connectivity index (χ1) is 9.54. The molecule has 0 unspecified atom stereocenters. The zero-order chi connectivity index (χ0) is 14.7. The van der Waals surface area contributed by atoms with Crippen molar-refractivity contribution in [1.82, 2.24) is 15.1 Å². The van der Waals surface area contributed by atoms with Gasteiger partial charge in [0, 0.05) is 6.54 Å². The quantitative estimate of drug-likeness (QED) is 0.502. The van der Waals surface area contributed by atoms with Crippen LogP contribution in [-0.4, -0.2) is 59.8 Å². The number of carbonyl (C=O) groups is 1. The summed E-state index contributed by atoms with van der Waals surface area (Å²) in [5.74, 6) is 0.293. The van der Waals surface area contributed by atoms with Gasteiger partial charge in [-0.3, -0.25) is 5.10 Å². The van der Waals surface area contributed by atoms with Crippen molar-refractivity contribution in [2.75, 3.05) is 26.9 Å². The van der Waals surface area contributed by atoms with E-state index >= 15 is 0 Å². The van der Waals surface area contributed by atoms with E-state index in [0.29, 0.717) is 23.5 Å². The zero-order valence-electron chi connectivity index (χ0n) is 11.6. The van der Waals surface area contributed by atoms with E-state index in [1.165, 1.54) is 7.11 Å². The summed E-state index contributed by atoms with van der Waals surface area (Å²) >= 11 is 3.31. The largest absolute Gasteiger partial charge is 0.464 e. The molecule has 1 aromatic heterocycles. The number of rotatable bonds is 2. The molecule has 0 aliphatic carbocycles. The van der Waals surface area contributed by atoms with Gasteiger partial charge in [-0.25, -0.2) is 9.79 Å². The zero-order valence-corrected chi connectivity index (χ0v) is 13.2. The molecule has 0 bridgehead atoms. The van der Waals surface area contributed by atoms with E-state index in [9.17, 15) is 4.79 Å². The van der Waals surface area contributed by atoms with Gasteiger partial charge in [-0.2, -0.15) is 5.10 Å². The second-order valence-corrected chi connectivity index (χ2v) is 5.30. The van der Waals surface area contributed by atoms with Crippen molar-refractivity contribution in [3.63, 3.8) is 0 Å². The number of hydrogen-bond acceptors (Lipinski definition) is 5. The van der Waals surface area contributed by atoms with E-state index in [1.54, 1.807) is 0 Å². The van der Waals surface area contributed by atoms with E-state index in [2.05, 4.69) is 42.9 Å². The number of nitrogens with zero attached hydrogens (tertiary/aromatic N) is 3. The Bertz CT molecular complexity index is 529. The molecule has 1 saturated heterocycles. The number of aromatic nitrogens is 2. The maximum absolute atomic E-state index is 11.6. The van der Waals surface area contributed by atoms with Gasteiger partial charge in [0.1, 0.15) is 16.1 Å². The van der Waals surface area contributed by atoms with Gasteiger partial charge in [-0.15, -0.1) is 0 Å². The minimum atomic E-state index is -0.520. The van der Waals surface area contributed by atoms with Crippen molar-refractivity contribution in [2.24, 2.45) is 4.99 Å². The van der Waals surface area contributed by atoms with Gasteiger partial charge in [-0.1, -0.05) is 0 Å². The minimum Gasteiger partial charge on any atom is -0.464 e. The number of aliphatic imine (C=N–C) groups is 1. The Labute approximate surface area is 125 Å². The molecule has 8 heteroatoms. The van der Waals surface area contributed by atoms with Crippen LogP contribution in [0.5, 0.6) is 0 Å². The number of esters is 1. The maximum atomic E-state index is 11.6. The molecular weight excluding hydrogens is 328 g/mol. The van der Waals surface area contributed by atoms with Gasteiger partial charge >= 0.3 is 5.97 Å². The number of amidine groups is 1. The molecule has 20 heavy (non-hydrogen) atoms. The van der Waals surface area contributed by atoms with Crippen molar-refractivity contribution in [2.45, 2.75) is 19.9 Å². The fourth-order valence-corrected chi connectivity index (χ4v) is 2.45. The highest BCUT2D eigenvalue weighted by Crippen LogP contribution is 2.28. The van der Waals surface area contributed by atoms with E-state index < -0.39 is 5.97 Å². The first kappa shape index (κ1) is 15.0. The number of morpholine rings is 1. The monoisotopic (exact) mass is 344 g/mol. The molecule has 1 aromatic rings. The highest BCUT2D eigenvalue weighted by molar-refractivity contribution is 9.10. The molecule has 0 spiro atoms. The first-order valence-electron chi connectivity index (χ1n) is 6.26. The fourth-order valence-electron chi connectivity index (χ4n) is 2.09. The van der Waals surface area contributed by atoms with Gasteiger partial charge in [0.25, 0.3) is 0 Å². The van der Waals surface area contributed by atoms with E-state index in [0.717, 1.165) is 12.4 Å². The summed E-state index contributed by atoms with van der Waals surface area (Å²) in [6.07, 6.45) is 0. The summed E-state index contributed by atoms with van der Waals surface area (Å²) in [5, 5.41) is 6.59. The smallest absolute Gasteiger partial charge is 0.360 e. The standard InChI is InChI=1S/C12H17BrN4O3/c1-7-6-20-5-4-17(7)8(2)14-9-10(12(18)19-3)15-16-11(9)13/h7H,4-6H2,1-3H3,(H,15,16)/t7-/m1/s1. The summed E-state index contributed by atoms with van der Waals surface area (Å²) < 4.78 is 10.6. The van der Waals surface area contributed by atoms with Crippen molar-refractivity contribution in [3.05, 3.63) is 10.3 Å². The minimum absolute atomic E-state index is 0.166. The van der Waals surface area contributed by atoms with Crippen molar-refractivity contribution < 1.29 is 14.3 Å². The molecule has 1 aliphatic rings. The number of nitrogens with one attached hydrogen (secondary N) is 1. The predicted octanol–water partition coefficient (Wildman–Crippen LogP) is 1.73. The van der Waals surface area contributed by atoms with E-state index in [-0.39, 0.29) is 11.7 Å². The molecule has 7 nitrogen and oxygen atoms in total. The molecule has 2 heterocycles. The Kier molecular flexibility index (Phi) is 4.77. The van der Waals surface area contributed by atoms with Gasteiger partial charge in [-0.05, 0) is 29.8 Å². The van der Waals surface area contributed by atoms with Gasteiger partial charge in [0.15, 0.2) is 5.69 Å². The van der Waals surface area contributed by atoms with Crippen LogP contribution >= 0.6 is 15.9 Å². The summed E-state index contributed by atoms with van der Waals surface area (Å²) in [6, 6.07) is 0.250. The predicted molar refractivity (Wildman–Crippen MR) is 77.4 cm³/mol. The highest BCUT2D eigenvalue weighted by atomic mass is 79.9. The van der Waals surface area contributed by atoms with Crippen LogP contribution in [0.3, 0.4) is 0 Å². The Balaban J connectivity index is 2.29. The number of methoxy groups -OCH3 is 1. The van der Waals surface area contributed by atoms with E-state index in [1.807, 2.05) is 6.92 Å². The Morgan fingerprint density at radius 1 is 1.65 bits per heavy atom. The third-order valence-corrected chi connectivity index (χ3v) is 3.69. The summed E-state index contributed by atoms with van der Waals surface area (Å²) in [6.45, 7) is 6.10. The van der Waals surface area contributed by atoms with Crippen molar-refractivity contribution >= 4 is 33.4 Å². The molecule has 1 N–H and O–H groups in total. The van der Waals surface area contributed by atoms with Gasteiger partial charge in [0.2, 0.25) is 0 Å². The Hall–Kier alpha value is -1.41. The second kappa shape index (κ2) is 6.36. The first-order valence-corrected chi connectivity index (χ1v) is 7.05. The van der Waals surface area contributed by atoms with Crippen LogP contribution in [0, 0.1) is 0 Å². The average Bonchev–Trinajstić information content (AvgIpc) is 2.80. The molecular formula is C12H17BrN4O3. The van der Waals surface area contributed by atoms with Crippen LogP contribution in [-0.2, 0) is 9.47 Å². The van der Waals surface area contributed by atoms with Crippen LogP contribution in [0.1, 0.15) is 24.3 Å². The Morgan fingerprint density at radius 2 is 2.40 bits per heavy atom. The van der Waals surface area contributed by atoms with Crippen LogP contribution < -0.4 is 0 Å². The molecule has 2 rings (SSSR count). The molecule has 110 valence electrons. The molecule has 1 aliphatic heterocycles. The lowest BCUT2D eigenvalue weighted by Crippen LogP contribution is -2.46. The topological polar surface area (TPSA) is 79.8 Å². The molecule has 0 saturated carbocycles. The lowest BCUT2D eigenvalue weighted by atomic mass is 10.2. The average molecular weight is 345 g/mol. The Morgan fingerprint density at radius 3 is 3.05 bits per heavy atom. The van der Waals surface area contributed by atoms with Crippen LogP contribution in [0.25, 0.3) is 0 Å². The second-order valence-electron chi connectivity index (χ2n) is 4.50. The van der Waals surface area contributed by atoms with Gasteiger partial charge < -0.3 is 14.4 Å². The molecule has 0 amide bonds. The van der Waals surface area contributed by atoms with Crippen molar-refractivity contribution in [1.29, 1.82) is 0 Å². The maximum Gasteiger partial charge on any atom is 0.360 e. The third kappa shape index (κ3) is 3.01. The number of aromatic amines is 1. The normalized spacial score (nSPS) is 20.1. The number of hydrogen-bond donors (Lipinski definition) is 1. The lowest BCUT2D eigenvalue weighted by molar-refractivity contribution is 0.0330. The van der Waals surface area contributed by atoms with Crippen LogP contribution in [0.15, 0.2) is 9.60 Å². The number of ether oxygens (including phenoxy) is 2. The van der Waals surface area contributed by atoms with Crippen molar-refractivity contribution in [3.8, 4) is 0 Å². The third-order valence-electron chi connectivity index (χ3n) is 3.13. The number of halogens is 1. The molecule has 1 fully saturated rings. The van der Waals surface area contributed by atoms with Gasteiger partial charge in [0.05, 0.1) is 26.4 Å². The molecule has 0 aromatic carbocycles. The fraction of sp³-hybridized carbons (Fsp3) is 0.583. The van der Waals surface area contributed by atoms with Crippen LogP contribution in [0.4, 0.5) is 5.69 Å². The summed E-state index contributed by atoms with van der Waals surface area (Å²) in [4.78, 5) is 18.3. The number of carbonyl (C=O) groups excluding carboxylic acids is 1. The van der Waals surface area contributed by atoms with E-state index in [4.69, 9.17) is 9.47 Å².